The molecule has 0 aliphatic carbocycles. The number of aromatic nitrogens is 2. The van der Waals surface area contributed by atoms with Crippen molar-refractivity contribution in [2.75, 3.05) is 31.2 Å². The van der Waals surface area contributed by atoms with Crippen LogP contribution in [0.15, 0.2) is 58.9 Å². The van der Waals surface area contributed by atoms with E-state index in [2.05, 4.69) is 17.0 Å². The van der Waals surface area contributed by atoms with Crippen LogP contribution in [0.2, 0.25) is 5.02 Å². The number of esters is 1. The van der Waals surface area contributed by atoms with Crippen LogP contribution in [-0.2, 0) is 15.3 Å². The summed E-state index contributed by atoms with van der Waals surface area (Å²) in [7, 11) is 0. The Kier molecular flexibility index (Phi) is 9.80. The third kappa shape index (κ3) is 7.10. The van der Waals surface area contributed by atoms with Gasteiger partial charge in [0.15, 0.2) is 0 Å². The van der Waals surface area contributed by atoms with Gasteiger partial charge in [0.1, 0.15) is 58.6 Å². The number of nitrogens with two attached hydrogens (primary N) is 1. The number of rotatable bonds is 11. The fraction of sp³-hybridized carbons (Fsp3) is 0.258. The fourth-order valence-corrected chi connectivity index (χ4v) is 6.24. The molecule has 1 saturated heterocycles. The summed E-state index contributed by atoms with van der Waals surface area (Å²) in [6, 6.07) is 18.6. The smallest absolute Gasteiger partial charge is 0.322 e. The lowest BCUT2D eigenvalue weighted by molar-refractivity contribution is -0.145. The lowest BCUT2D eigenvalue weighted by atomic mass is 9.96. The zero-order chi connectivity index (χ0) is 30.3. The minimum atomic E-state index is -0.694. The highest BCUT2D eigenvalue weighted by molar-refractivity contribution is 7.98. The second-order valence-corrected chi connectivity index (χ2v) is 12.0. The lowest BCUT2D eigenvalue weighted by Crippen LogP contribution is -2.38. The van der Waals surface area contributed by atoms with Gasteiger partial charge in [-0.15, -0.1) is 11.3 Å². The van der Waals surface area contributed by atoms with Crippen molar-refractivity contribution in [2.24, 2.45) is 5.73 Å². The summed E-state index contributed by atoms with van der Waals surface area (Å²) in [6.07, 6.45) is 1.02. The number of pyridine rings is 1. The van der Waals surface area contributed by atoms with E-state index in [-0.39, 0.29) is 13.2 Å². The molecule has 1 fully saturated rings. The van der Waals surface area contributed by atoms with E-state index in [1.165, 1.54) is 11.8 Å². The van der Waals surface area contributed by atoms with Crippen LogP contribution in [0.1, 0.15) is 30.2 Å². The lowest BCUT2D eigenvalue weighted by Gasteiger charge is -2.33. The number of nitrogens with zero attached hydrogens (tertiary/aromatic N) is 5. The molecule has 0 saturated carbocycles. The molecule has 2 aromatic heterocycles. The Morgan fingerprint density at radius 1 is 1.07 bits per heavy atom. The summed E-state index contributed by atoms with van der Waals surface area (Å²) in [6.45, 7) is 3.39. The first-order chi connectivity index (χ1) is 20.9. The Balaban J connectivity index is 1.40. The van der Waals surface area contributed by atoms with Crippen molar-refractivity contribution in [3.63, 3.8) is 0 Å². The Morgan fingerprint density at radius 3 is 2.40 bits per heavy atom. The Bertz CT molecular complexity index is 1690. The maximum atomic E-state index is 11.5. The Labute approximate surface area is 262 Å². The van der Waals surface area contributed by atoms with Crippen LogP contribution in [0.5, 0.6) is 5.75 Å². The summed E-state index contributed by atoms with van der Waals surface area (Å²) in [5.41, 5.74) is 9.32. The summed E-state index contributed by atoms with van der Waals surface area (Å²) in [4.78, 5) is 23.2. The van der Waals surface area contributed by atoms with Crippen molar-refractivity contribution in [3.05, 3.63) is 75.8 Å². The van der Waals surface area contributed by atoms with Gasteiger partial charge in [-0.3, -0.25) is 4.79 Å². The van der Waals surface area contributed by atoms with E-state index in [1.807, 2.05) is 41.8 Å². The number of hydrogen-bond donors (Lipinski definition) is 1. The number of carbonyl (C=O) groups is 1. The molecule has 0 radical (unpaired) electrons. The molecule has 218 valence electrons. The number of thiazole rings is 1. The summed E-state index contributed by atoms with van der Waals surface area (Å²) >= 11 is 9.00. The van der Waals surface area contributed by atoms with Crippen LogP contribution in [0.25, 0.3) is 21.7 Å². The second kappa shape index (κ2) is 13.9. The first-order valence-corrected chi connectivity index (χ1v) is 15.7. The minimum absolute atomic E-state index is 0.0730. The van der Waals surface area contributed by atoms with Crippen LogP contribution in [0.3, 0.4) is 0 Å². The molecule has 1 aliphatic rings. The molecule has 1 aliphatic heterocycles. The van der Waals surface area contributed by atoms with Gasteiger partial charge < -0.3 is 20.1 Å². The number of anilines is 1. The second-order valence-electron chi connectivity index (χ2n) is 9.70. The van der Waals surface area contributed by atoms with Crippen LogP contribution < -0.4 is 15.4 Å². The average molecular weight is 631 g/mol. The van der Waals surface area contributed by atoms with E-state index in [9.17, 15) is 15.3 Å². The third-order valence-corrected chi connectivity index (χ3v) is 8.84. The van der Waals surface area contributed by atoms with E-state index >= 15 is 0 Å². The van der Waals surface area contributed by atoms with Crippen LogP contribution in [-0.4, -0.2) is 48.3 Å². The van der Waals surface area contributed by atoms with Gasteiger partial charge in [-0.25, -0.2) is 9.97 Å². The summed E-state index contributed by atoms with van der Waals surface area (Å²) < 4.78 is 10.7. The van der Waals surface area contributed by atoms with E-state index < -0.39 is 12.0 Å². The molecule has 5 rings (SSSR count). The number of thioether (sulfide) groups is 1. The van der Waals surface area contributed by atoms with Gasteiger partial charge in [-0.1, -0.05) is 47.6 Å². The molecule has 3 heterocycles. The van der Waals surface area contributed by atoms with E-state index in [1.54, 1.807) is 30.4 Å². The highest BCUT2D eigenvalue weighted by atomic mass is 35.5. The van der Waals surface area contributed by atoms with Crippen LogP contribution in [0, 0.1) is 22.7 Å². The number of benzene rings is 2. The first kappa shape index (κ1) is 30.3. The molecule has 9 nitrogen and oxygen atoms in total. The van der Waals surface area contributed by atoms with Gasteiger partial charge in [0, 0.05) is 40.4 Å². The molecule has 1 unspecified atom stereocenters. The van der Waals surface area contributed by atoms with Crippen molar-refractivity contribution in [2.45, 2.75) is 30.2 Å². The van der Waals surface area contributed by atoms with Gasteiger partial charge in [0.2, 0.25) is 0 Å². The summed E-state index contributed by atoms with van der Waals surface area (Å²) in [5, 5.41) is 24.6. The predicted octanol–water partition coefficient (Wildman–Crippen LogP) is 6.04. The van der Waals surface area contributed by atoms with E-state index in [4.69, 9.17) is 36.8 Å². The van der Waals surface area contributed by atoms with E-state index in [0.29, 0.717) is 49.6 Å². The normalized spacial score (nSPS) is 13.0. The molecule has 2 N–H and O–H groups in total. The van der Waals surface area contributed by atoms with Crippen LogP contribution in [0.4, 0.5) is 5.82 Å². The minimum Gasteiger partial charge on any atom is -0.490 e. The molecule has 0 spiro atoms. The van der Waals surface area contributed by atoms with Crippen molar-refractivity contribution >= 4 is 46.5 Å². The highest BCUT2D eigenvalue weighted by Crippen LogP contribution is 2.40. The zero-order valence-corrected chi connectivity index (χ0v) is 25.6. The van der Waals surface area contributed by atoms with Gasteiger partial charge >= 0.3 is 5.97 Å². The SMILES string of the molecule is CC(N)C(=O)OCCOc1ccc(-c2c(C#N)c(SCc3csc(-c4ccc(Cl)cc4)n3)nc(N3CCC3)c2C#N)cc1. The highest BCUT2D eigenvalue weighted by Gasteiger charge is 2.27. The number of ether oxygens (including phenoxy) is 2. The molecule has 0 bridgehead atoms. The molecule has 1 atom stereocenters. The van der Waals surface area contributed by atoms with Gasteiger partial charge in [-0.05, 0) is 43.2 Å². The number of halogens is 1. The van der Waals surface area contributed by atoms with Crippen molar-refractivity contribution < 1.29 is 14.3 Å². The monoisotopic (exact) mass is 630 g/mol. The van der Waals surface area contributed by atoms with Crippen LogP contribution >= 0.6 is 34.7 Å². The number of hydrogen-bond acceptors (Lipinski definition) is 11. The molecular weight excluding hydrogens is 604 g/mol. The standard InChI is InChI=1S/C31H27ClN6O3S2/c1-19(35)31(39)41-14-13-40-24-9-5-20(6-10-24)27-25(15-33)28(38-11-2-12-38)37-30(26(27)16-34)43-18-23-17-42-29(36-23)21-3-7-22(32)8-4-21/h3-10,17,19H,2,11-14,18,35H2,1H3. The van der Waals surface area contributed by atoms with Crippen molar-refractivity contribution in [1.29, 1.82) is 10.5 Å². The largest absolute Gasteiger partial charge is 0.490 e. The van der Waals surface area contributed by atoms with Gasteiger partial charge in [-0.2, -0.15) is 10.5 Å². The quantitative estimate of drug-likeness (QED) is 0.118. The zero-order valence-electron chi connectivity index (χ0n) is 23.2. The molecule has 0 amide bonds. The molecule has 2 aromatic carbocycles. The topological polar surface area (TPSA) is 138 Å². The van der Waals surface area contributed by atoms with Gasteiger partial charge in [0.25, 0.3) is 0 Å². The average Bonchev–Trinajstić information content (AvgIpc) is 3.46. The molecule has 12 heteroatoms. The number of nitriles is 2. The molecular formula is C31H27ClN6O3S2. The van der Waals surface area contributed by atoms with E-state index in [0.717, 1.165) is 35.8 Å². The number of carbonyl (C=O) groups excluding carboxylic acids is 1. The summed E-state index contributed by atoms with van der Waals surface area (Å²) in [5.74, 6) is 1.16. The fourth-order valence-electron chi connectivity index (χ4n) is 4.30. The van der Waals surface area contributed by atoms with Crippen molar-refractivity contribution in [1.82, 2.24) is 9.97 Å². The molecule has 4 aromatic rings. The Hall–Kier alpha value is -4.13. The Morgan fingerprint density at radius 2 is 1.77 bits per heavy atom. The maximum Gasteiger partial charge on any atom is 0.322 e. The third-order valence-electron chi connectivity index (χ3n) is 6.63. The van der Waals surface area contributed by atoms with Crippen molar-refractivity contribution in [3.8, 4) is 39.6 Å². The predicted molar refractivity (Wildman–Crippen MR) is 168 cm³/mol. The van der Waals surface area contributed by atoms with Gasteiger partial charge in [0.05, 0.1) is 11.3 Å². The first-order valence-electron chi connectivity index (χ1n) is 13.5. The maximum absolute atomic E-state index is 11.5. The molecule has 43 heavy (non-hydrogen) atoms.